The highest BCUT2D eigenvalue weighted by atomic mass is 35.5. The molecule has 0 aliphatic heterocycles. The summed E-state index contributed by atoms with van der Waals surface area (Å²) in [4.78, 5) is 2.28. The van der Waals surface area contributed by atoms with Crippen LogP contribution in [0.2, 0.25) is 0 Å². The van der Waals surface area contributed by atoms with Crippen LogP contribution in [0.4, 0.5) is 0 Å². The Bertz CT molecular complexity index is 495. The molecule has 21 heavy (non-hydrogen) atoms. The molecule has 0 aliphatic carbocycles. The Hall–Kier alpha value is -1.83. The molecular weight excluding hydrogens is 278 g/mol. The van der Waals surface area contributed by atoms with E-state index in [9.17, 15) is 0 Å². The lowest BCUT2D eigenvalue weighted by Gasteiger charge is -2.10. The summed E-state index contributed by atoms with van der Waals surface area (Å²) >= 11 is 0. The largest absolute Gasteiger partial charge is 0.299 e. The molecule has 0 radical (unpaired) electrons. The Morgan fingerprint density at radius 1 is 0.714 bits per heavy atom. The lowest BCUT2D eigenvalue weighted by atomic mass is 10.2. The molecule has 0 amide bonds. The maximum atomic E-state index is 2.28. The summed E-state index contributed by atoms with van der Waals surface area (Å²) in [7, 11) is 2.13. The molecule has 0 N–H and O–H groups in total. The average molecular weight is 300 g/mol. The number of likely N-dealkylation sites (N-methyl/N-ethyl adjacent to an activating group) is 1. The quantitative estimate of drug-likeness (QED) is 0.743. The molecule has 0 saturated carbocycles. The lowest BCUT2D eigenvalue weighted by Crippen LogP contribution is -2.17. The van der Waals surface area contributed by atoms with Crippen molar-refractivity contribution in [1.82, 2.24) is 4.90 Å². The van der Waals surface area contributed by atoms with Crippen LogP contribution in [-0.2, 0) is 0 Å². The monoisotopic (exact) mass is 299 g/mol. The zero-order chi connectivity index (χ0) is 14.0. The summed E-state index contributed by atoms with van der Waals surface area (Å²) in [6.45, 7) is 1.90. The smallest absolute Gasteiger partial charge is 0.0166 e. The van der Waals surface area contributed by atoms with Gasteiger partial charge in [-0.2, -0.15) is 0 Å². The van der Waals surface area contributed by atoms with Gasteiger partial charge in [-0.05, 0) is 18.2 Å². The second kappa shape index (κ2) is 9.98. The Morgan fingerprint density at radius 2 is 1.10 bits per heavy atom. The molecule has 1 nitrogen and oxygen atoms in total. The molecule has 0 unspecified atom stereocenters. The van der Waals surface area contributed by atoms with Crippen molar-refractivity contribution >= 4 is 24.6 Å². The predicted molar refractivity (Wildman–Crippen MR) is 95.7 cm³/mol. The standard InChI is InChI=1S/C19H21N.ClH/c1-20(16-8-14-18-10-4-2-5-11-18)17-9-15-19-12-6-3-7-13-19;/h2-15H,16-17H2,1H3;1H/b14-8-,15-9+;. The van der Waals surface area contributed by atoms with Gasteiger partial charge in [0.05, 0.1) is 0 Å². The van der Waals surface area contributed by atoms with E-state index in [2.05, 4.69) is 84.8 Å². The zero-order valence-corrected chi connectivity index (χ0v) is 13.2. The van der Waals surface area contributed by atoms with Crippen molar-refractivity contribution in [3.63, 3.8) is 0 Å². The van der Waals surface area contributed by atoms with Gasteiger partial charge in [0.2, 0.25) is 0 Å². The van der Waals surface area contributed by atoms with Gasteiger partial charge in [0, 0.05) is 13.1 Å². The SMILES string of the molecule is CN(C/C=C\c1ccccc1)C/C=C/c1ccccc1.Cl. The van der Waals surface area contributed by atoms with Gasteiger partial charge in [-0.25, -0.2) is 0 Å². The van der Waals surface area contributed by atoms with E-state index in [-0.39, 0.29) is 12.4 Å². The first kappa shape index (κ1) is 17.2. The average Bonchev–Trinajstić information content (AvgIpc) is 2.49. The van der Waals surface area contributed by atoms with Crippen molar-refractivity contribution in [2.24, 2.45) is 0 Å². The topological polar surface area (TPSA) is 3.24 Å². The van der Waals surface area contributed by atoms with Crippen molar-refractivity contribution < 1.29 is 0 Å². The van der Waals surface area contributed by atoms with Crippen LogP contribution in [0.25, 0.3) is 12.2 Å². The van der Waals surface area contributed by atoms with Crippen molar-refractivity contribution in [3.05, 3.63) is 83.9 Å². The molecule has 0 atom stereocenters. The molecular formula is C19H22ClN. The fraction of sp³-hybridized carbons (Fsp3) is 0.158. The van der Waals surface area contributed by atoms with E-state index in [1.165, 1.54) is 11.1 Å². The highest BCUT2D eigenvalue weighted by molar-refractivity contribution is 5.85. The number of benzene rings is 2. The Kier molecular flexibility index (Phi) is 8.18. The number of hydrogen-bond donors (Lipinski definition) is 0. The van der Waals surface area contributed by atoms with Crippen LogP contribution in [0.1, 0.15) is 11.1 Å². The van der Waals surface area contributed by atoms with Crippen LogP contribution in [0, 0.1) is 0 Å². The van der Waals surface area contributed by atoms with Gasteiger partial charge in [-0.1, -0.05) is 85.0 Å². The fourth-order valence-corrected chi connectivity index (χ4v) is 1.94. The summed E-state index contributed by atoms with van der Waals surface area (Å²) in [5.74, 6) is 0. The maximum absolute atomic E-state index is 2.28. The number of rotatable bonds is 6. The summed E-state index contributed by atoms with van der Waals surface area (Å²) in [6, 6.07) is 20.8. The minimum Gasteiger partial charge on any atom is -0.299 e. The number of hydrogen-bond acceptors (Lipinski definition) is 1. The van der Waals surface area contributed by atoms with E-state index in [4.69, 9.17) is 0 Å². The van der Waals surface area contributed by atoms with Crippen LogP contribution in [-0.4, -0.2) is 25.0 Å². The van der Waals surface area contributed by atoms with Crippen molar-refractivity contribution in [2.45, 2.75) is 0 Å². The third-order valence-electron chi connectivity index (χ3n) is 3.05. The second-order valence-corrected chi connectivity index (χ2v) is 4.85. The van der Waals surface area contributed by atoms with Gasteiger partial charge in [-0.15, -0.1) is 12.4 Å². The second-order valence-electron chi connectivity index (χ2n) is 4.85. The van der Waals surface area contributed by atoms with E-state index in [0.29, 0.717) is 0 Å². The number of halogens is 1. The van der Waals surface area contributed by atoms with Crippen LogP contribution in [0.5, 0.6) is 0 Å². The Balaban J connectivity index is 0.00000220. The van der Waals surface area contributed by atoms with E-state index in [1.54, 1.807) is 0 Å². The van der Waals surface area contributed by atoms with Gasteiger partial charge >= 0.3 is 0 Å². The zero-order valence-electron chi connectivity index (χ0n) is 12.4. The first-order valence-electron chi connectivity index (χ1n) is 6.96. The molecule has 2 heteroatoms. The van der Waals surface area contributed by atoms with E-state index in [1.807, 2.05) is 12.1 Å². The van der Waals surface area contributed by atoms with Crippen molar-refractivity contribution in [2.75, 3.05) is 20.1 Å². The highest BCUT2D eigenvalue weighted by Gasteiger charge is 1.91. The molecule has 2 rings (SSSR count). The molecule has 0 aromatic heterocycles. The van der Waals surface area contributed by atoms with Crippen LogP contribution >= 0.6 is 12.4 Å². The molecule has 110 valence electrons. The van der Waals surface area contributed by atoms with Crippen LogP contribution in [0.3, 0.4) is 0 Å². The van der Waals surface area contributed by atoms with Gasteiger partial charge < -0.3 is 0 Å². The predicted octanol–water partition coefficient (Wildman–Crippen LogP) is 4.77. The summed E-state index contributed by atoms with van der Waals surface area (Å²) in [5.41, 5.74) is 2.50. The fourth-order valence-electron chi connectivity index (χ4n) is 1.94. The normalized spacial score (nSPS) is 11.1. The van der Waals surface area contributed by atoms with Crippen molar-refractivity contribution in [1.29, 1.82) is 0 Å². The highest BCUT2D eigenvalue weighted by Crippen LogP contribution is 2.02. The Labute approximate surface area is 134 Å². The van der Waals surface area contributed by atoms with Crippen molar-refractivity contribution in [3.8, 4) is 0 Å². The van der Waals surface area contributed by atoms with E-state index >= 15 is 0 Å². The van der Waals surface area contributed by atoms with Gasteiger partial charge in [0.25, 0.3) is 0 Å². The first-order chi connectivity index (χ1) is 9.84. The molecule has 0 bridgehead atoms. The minimum atomic E-state index is 0. The minimum absolute atomic E-state index is 0. The van der Waals surface area contributed by atoms with Crippen LogP contribution in [0.15, 0.2) is 72.8 Å². The molecule has 0 saturated heterocycles. The molecule has 0 heterocycles. The van der Waals surface area contributed by atoms with E-state index < -0.39 is 0 Å². The molecule has 0 fully saturated rings. The summed E-state index contributed by atoms with van der Waals surface area (Å²) < 4.78 is 0. The summed E-state index contributed by atoms with van der Waals surface area (Å²) in [6.07, 6.45) is 8.73. The third-order valence-corrected chi connectivity index (χ3v) is 3.05. The van der Waals surface area contributed by atoms with Gasteiger partial charge in [0.1, 0.15) is 0 Å². The van der Waals surface area contributed by atoms with Crippen LogP contribution < -0.4 is 0 Å². The molecule has 0 aliphatic rings. The van der Waals surface area contributed by atoms with Gasteiger partial charge in [-0.3, -0.25) is 4.90 Å². The maximum Gasteiger partial charge on any atom is 0.0166 e. The molecule has 2 aromatic carbocycles. The lowest BCUT2D eigenvalue weighted by molar-refractivity contribution is 0.414. The first-order valence-corrected chi connectivity index (χ1v) is 6.96. The van der Waals surface area contributed by atoms with Gasteiger partial charge in [0.15, 0.2) is 0 Å². The number of nitrogens with zero attached hydrogens (tertiary/aromatic N) is 1. The molecule has 2 aromatic rings. The third kappa shape index (κ3) is 6.94. The summed E-state index contributed by atoms with van der Waals surface area (Å²) in [5, 5.41) is 0. The molecule has 0 spiro atoms. The van der Waals surface area contributed by atoms with E-state index in [0.717, 1.165) is 13.1 Å². The Morgan fingerprint density at radius 3 is 1.48 bits per heavy atom.